The van der Waals surface area contributed by atoms with Crippen LogP contribution in [-0.4, -0.2) is 52.2 Å². The molecule has 0 radical (unpaired) electrons. The average molecular weight is 369 g/mol. The fourth-order valence-corrected chi connectivity index (χ4v) is 4.44. The molecule has 1 atom stereocenters. The zero-order valence-corrected chi connectivity index (χ0v) is 16.9. The van der Waals surface area contributed by atoms with Gasteiger partial charge in [-0.3, -0.25) is 4.90 Å². The van der Waals surface area contributed by atoms with Crippen molar-refractivity contribution < 1.29 is 0 Å². The highest BCUT2D eigenvalue weighted by atomic mass is 15.2. The Labute approximate surface area is 162 Å². The molecule has 6 heteroatoms. The molecule has 1 N–H and O–H groups in total. The number of anilines is 1. The van der Waals surface area contributed by atoms with E-state index in [1.54, 1.807) is 0 Å². The topological polar surface area (TPSA) is 49.2 Å². The third kappa shape index (κ3) is 3.87. The molecular formula is C21H32N6. The average Bonchev–Trinajstić information content (AvgIpc) is 3.22. The van der Waals surface area contributed by atoms with Crippen molar-refractivity contribution >= 4 is 5.82 Å². The molecule has 27 heavy (non-hydrogen) atoms. The lowest BCUT2D eigenvalue weighted by Gasteiger charge is -2.29. The lowest BCUT2D eigenvalue weighted by molar-refractivity contribution is 0.182. The molecule has 6 nitrogen and oxygen atoms in total. The summed E-state index contributed by atoms with van der Waals surface area (Å²) in [6.07, 6.45) is 9.91. The summed E-state index contributed by atoms with van der Waals surface area (Å²) in [7, 11) is 4.17. The molecule has 0 amide bonds. The second-order valence-electron chi connectivity index (χ2n) is 8.23. The fourth-order valence-electron chi connectivity index (χ4n) is 4.44. The van der Waals surface area contributed by atoms with E-state index in [9.17, 15) is 0 Å². The van der Waals surface area contributed by atoms with Gasteiger partial charge in [0.05, 0.1) is 6.54 Å². The molecule has 0 bridgehead atoms. The number of nitrogens with one attached hydrogen (secondary N) is 1. The minimum absolute atomic E-state index is 0.520. The number of aryl methyl sites for hydroxylation is 1. The second-order valence-corrected chi connectivity index (χ2v) is 8.23. The first-order valence-electron chi connectivity index (χ1n) is 10.2. The molecule has 3 heterocycles. The van der Waals surface area contributed by atoms with Crippen molar-refractivity contribution in [2.75, 3.05) is 31.6 Å². The van der Waals surface area contributed by atoms with Gasteiger partial charge in [-0.05, 0) is 56.3 Å². The number of piperidine rings is 1. The van der Waals surface area contributed by atoms with Crippen LogP contribution in [0.1, 0.15) is 37.6 Å². The highest BCUT2D eigenvalue weighted by Crippen LogP contribution is 2.56. The van der Waals surface area contributed by atoms with Crippen molar-refractivity contribution in [2.45, 2.75) is 45.3 Å². The molecule has 1 saturated carbocycles. The maximum Gasteiger partial charge on any atom is 0.128 e. The lowest BCUT2D eigenvalue weighted by Crippen LogP contribution is -2.36. The largest absolute Gasteiger partial charge is 0.360 e. The minimum Gasteiger partial charge on any atom is -0.360 e. The molecule has 1 unspecified atom stereocenters. The van der Waals surface area contributed by atoms with Crippen molar-refractivity contribution in [3.8, 4) is 0 Å². The van der Waals surface area contributed by atoms with Gasteiger partial charge >= 0.3 is 0 Å². The number of imidazole rings is 1. The van der Waals surface area contributed by atoms with Crippen molar-refractivity contribution in [1.82, 2.24) is 24.8 Å². The Kier molecular flexibility index (Phi) is 5.19. The third-order valence-corrected chi connectivity index (χ3v) is 6.51. The van der Waals surface area contributed by atoms with Crippen LogP contribution in [0.5, 0.6) is 0 Å². The van der Waals surface area contributed by atoms with E-state index >= 15 is 0 Å². The molecule has 146 valence electrons. The van der Waals surface area contributed by atoms with Crippen LogP contribution in [0.3, 0.4) is 0 Å². The van der Waals surface area contributed by atoms with Gasteiger partial charge in [0.1, 0.15) is 11.6 Å². The maximum absolute atomic E-state index is 4.67. The van der Waals surface area contributed by atoms with E-state index in [0.717, 1.165) is 44.4 Å². The van der Waals surface area contributed by atoms with Gasteiger partial charge in [-0.1, -0.05) is 6.07 Å². The van der Waals surface area contributed by atoms with Gasteiger partial charge in [0.25, 0.3) is 0 Å². The molecule has 1 aliphatic carbocycles. The summed E-state index contributed by atoms with van der Waals surface area (Å²) in [6, 6.07) is 5.04. The number of hydrogen-bond acceptors (Lipinski definition) is 5. The Balaban J connectivity index is 1.50. The zero-order valence-electron chi connectivity index (χ0n) is 16.9. The Bertz CT molecular complexity index is 746. The first kappa shape index (κ1) is 18.4. The zero-order chi connectivity index (χ0) is 18.9. The van der Waals surface area contributed by atoms with Crippen molar-refractivity contribution in [1.29, 1.82) is 0 Å². The summed E-state index contributed by atoms with van der Waals surface area (Å²) < 4.78 is 2.14. The highest BCUT2D eigenvalue weighted by molar-refractivity contribution is 5.38. The van der Waals surface area contributed by atoms with Gasteiger partial charge in [0.15, 0.2) is 0 Å². The third-order valence-electron chi connectivity index (χ3n) is 6.51. The summed E-state index contributed by atoms with van der Waals surface area (Å²) in [5, 5.41) is 3.52. The molecule has 2 aliphatic rings. The van der Waals surface area contributed by atoms with Gasteiger partial charge < -0.3 is 14.8 Å². The first-order chi connectivity index (χ1) is 13.1. The van der Waals surface area contributed by atoms with E-state index in [4.69, 9.17) is 0 Å². The van der Waals surface area contributed by atoms with E-state index in [1.165, 1.54) is 24.8 Å². The second kappa shape index (κ2) is 7.60. The molecular weight excluding hydrogens is 336 g/mol. The molecule has 0 aromatic carbocycles. The Morgan fingerprint density at radius 3 is 2.67 bits per heavy atom. The normalized spacial score (nSPS) is 21.0. The molecule has 1 spiro atoms. The number of pyridine rings is 1. The summed E-state index contributed by atoms with van der Waals surface area (Å²) in [5.41, 5.74) is 1.81. The standard InChI is InChI=1S/C21H32N6/c1-4-25(2)19-6-5-17(14-24-19)15-27(16-20-23-11-12-26(20)3)18-13-21(18)7-9-22-10-8-21/h5-6,11-12,14,18,22H,4,7-10,13,15-16H2,1-3H3. The fraction of sp³-hybridized carbons (Fsp3) is 0.619. The number of hydrogen-bond donors (Lipinski definition) is 1. The molecule has 2 fully saturated rings. The summed E-state index contributed by atoms with van der Waals surface area (Å²) >= 11 is 0. The van der Waals surface area contributed by atoms with Gasteiger partial charge in [-0.2, -0.15) is 0 Å². The molecule has 4 rings (SSSR count). The van der Waals surface area contributed by atoms with E-state index in [-0.39, 0.29) is 0 Å². The van der Waals surface area contributed by atoms with Crippen LogP contribution in [0.25, 0.3) is 0 Å². The quantitative estimate of drug-likeness (QED) is 0.813. The molecule has 2 aromatic rings. The maximum atomic E-state index is 4.67. The van der Waals surface area contributed by atoms with Crippen LogP contribution in [-0.2, 0) is 20.1 Å². The first-order valence-corrected chi connectivity index (χ1v) is 10.2. The summed E-state index contributed by atoms with van der Waals surface area (Å²) in [5.74, 6) is 2.18. The van der Waals surface area contributed by atoms with Gasteiger partial charge in [0.2, 0.25) is 0 Å². The summed E-state index contributed by atoms with van der Waals surface area (Å²) in [4.78, 5) is 14.0. The molecule has 1 saturated heterocycles. The van der Waals surface area contributed by atoms with Crippen LogP contribution in [0.4, 0.5) is 5.82 Å². The number of aromatic nitrogens is 3. The van der Waals surface area contributed by atoms with E-state index < -0.39 is 0 Å². The Morgan fingerprint density at radius 2 is 2.04 bits per heavy atom. The smallest absolute Gasteiger partial charge is 0.128 e. The van der Waals surface area contributed by atoms with Crippen LogP contribution in [0.15, 0.2) is 30.7 Å². The van der Waals surface area contributed by atoms with E-state index in [1.807, 2.05) is 18.6 Å². The lowest BCUT2D eigenvalue weighted by atomic mass is 9.93. The van der Waals surface area contributed by atoms with Crippen molar-refractivity contribution in [3.63, 3.8) is 0 Å². The van der Waals surface area contributed by atoms with Crippen LogP contribution in [0, 0.1) is 5.41 Å². The minimum atomic E-state index is 0.520. The van der Waals surface area contributed by atoms with E-state index in [2.05, 4.69) is 62.8 Å². The van der Waals surface area contributed by atoms with E-state index in [0.29, 0.717) is 11.5 Å². The predicted octanol–water partition coefficient (Wildman–Crippen LogP) is 2.42. The van der Waals surface area contributed by atoms with Crippen LogP contribution in [0.2, 0.25) is 0 Å². The van der Waals surface area contributed by atoms with Crippen LogP contribution >= 0.6 is 0 Å². The Morgan fingerprint density at radius 1 is 1.22 bits per heavy atom. The number of nitrogens with zero attached hydrogens (tertiary/aromatic N) is 5. The van der Waals surface area contributed by atoms with Crippen molar-refractivity contribution in [2.24, 2.45) is 12.5 Å². The SMILES string of the molecule is CCN(C)c1ccc(CN(Cc2nccn2C)C2CC23CCNCC3)cn1. The Hall–Kier alpha value is -1.92. The number of rotatable bonds is 7. The summed E-state index contributed by atoms with van der Waals surface area (Å²) in [6.45, 7) is 7.28. The van der Waals surface area contributed by atoms with Gasteiger partial charge in [-0.25, -0.2) is 9.97 Å². The van der Waals surface area contributed by atoms with Gasteiger partial charge in [0, 0.05) is 51.8 Å². The van der Waals surface area contributed by atoms with Crippen LogP contribution < -0.4 is 10.2 Å². The van der Waals surface area contributed by atoms with Crippen molar-refractivity contribution in [3.05, 3.63) is 42.1 Å². The predicted molar refractivity (Wildman–Crippen MR) is 109 cm³/mol. The molecule has 1 aliphatic heterocycles. The molecule has 2 aromatic heterocycles. The highest BCUT2D eigenvalue weighted by Gasteiger charge is 2.56. The van der Waals surface area contributed by atoms with Gasteiger partial charge in [-0.15, -0.1) is 0 Å². The monoisotopic (exact) mass is 368 g/mol.